The first-order valence-electron chi connectivity index (χ1n) is 8.62. The summed E-state index contributed by atoms with van der Waals surface area (Å²) in [7, 11) is 0. The van der Waals surface area contributed by atoms with Crippen LogP contribution >= 0.6 is 11.6 Å². The second-order valence-electron chi connectivity index (χ2n) is 6.49. The Morgan fingerprint density at radius 3 is 2.22 bits per heavy atom. The molecule has 0 radical (unpaired) electrons. The molecule has 0 aliphatic rings. The third-order valence-corrected chi connectivity index (χ3v) is 5.22. The largest absolute Gasteiger partial charge is 0.450 e. The van der Waals surface area contributed by atoms with Gasteiger partial charge in [-0.15, -0.1) is 0 Å². The molecule has 27 heavy (non-hydrogen) atoms. The van der Waals surface area contributed by atoms with E-state index < -0.39 is 0 Å². The minimum Gasteiger partial charge on any atom is -0.450 e. The molecule has 0 saturated heterocycles. The van der Waals surface area contributed by atoms with Crippen molar-refractivity contribution in [2.75, 3.05) is 0 Å². The lowest BCUT2D eigenvalue weighted by molar-refractivity contribution is 0.662. The molecule has 0 aliphatic heterocycles. The first-order valence-corrected chi connectivity index (χ1v) is 9.00. The van der Waals surface area contributed by atoms with Gasteiger partial charge in [-0.05, 0) is 30.3 Å². The summed E-state index contributed by atoms with van der Waals surface area (Å²) in [6, 6.07) is 22.2. The third kappa shape index (κ3) is 1.99. The van der Waals surface area contributed by atoms with Gasteiger partial charge >= 0.3 is 0 Å². The fourth-order valence-corrected chi connectivity index (χ4v) is 4.02. The highest BCUT2D eigenvalue weighted by atomic mass is 35.5. The van der Waals surface area contributed by atoms with Crippen LogP contribution in [0.4, 0.5) is 0 Å². The standard InChI is InChI=1S/C22H12ClN3O/c23-13-9-10-19-16(11-13)20-21(27-19)22(25-12-24-20)26-17-7-3-1-5-14(17)15-6-2-4-8-18(15)26/h1-12H. The Morgan fingerprint density at radius 2 is 1.48 bits per heavy atom. The van der Waals surface area contributed by atoms with Crippen LogP contribution in [-0.2, 0) is 0 Å². The lowest BCUT2D eigenvalue weighted by Gasteiger charge is -2.06. The Bertz CT molecular complexity index is 1440. The molecule has 0 spiro atoms. The zero-order valence-electron chi connectivity index (χ0n) is 14.1. The highest BCUT2D eigenvalue weighted by Crippen LogP contribution is 2.36. The van der Waals surface area contributed by atoms with Crippen LogP contribution in [0.2, 0.25) is 5.02 Å². The van der Waals surface area contributed by atoms with E-state index in [0.29, 0.717) is 10.6 Å². The van der Waals surface area contributed by atoms with Crippen LogP contribution in [0, 0.1) is 0 Å². The lowest BCUT2D eigenvalue weighted by atomic mass is 10.2. The Balaban J connectivity index is 1.82. The van der Waals surface area contributed by atoms with Gasteiger partial charge in [0, 0.05) is 21.2 Å². The average molecular weight is 370 g/mol. The number of para-hydroxylation sites is 2. The molecule has 3 aromatic carbocycles. The van der Waals surface area contributed by atoms with Crippen molar-refractivity contribution in [2.24, 2.45) is 0 Å². The monoisotopic (exact) mass is 369 g/mol. The number of hydrogen-bond donors (Lipinski definition) is 0. The lowest BCUT2D eigenvalue weighted by Crippen LogP contribution is -1.98. The molecule has 0 unspecified atom stereocenters. The number of benzene rings is 3. The highest BCUT2D eigenvalue weighted by Gasteiger charge is 2.19. The number of rotatable bonds is 1. The summed E-state index contributed by atoms with van der Waals surface area (Å²) in [5, 5.41) is 3.90. The van der Waals surface area contributed by atoms with Crippen LogP contribution in [0.25, 0.3) is 49.7 Å². The topological polar surface area (TPSA) is 43.9 Å². The van der Waals surface area contributed by atoms with Crippen LogP contribution < -0.4 is 0 Å². The quantitative estimate of drug-likeness (QED) is 0.350. The van der Waals surface area contributed by atoms with Crippen molar-refractivity contribution in [2.45, 2.75) is 0 Å². The van der Waals surface area contributed by atoms with Gasteiger partial charge in [0.15, 0.2) is 11.4 Å². The zero-order valence-corrected chi connectivity index (χ0v) is 14.8. The molecule has 5 heteroatoms. The van der Waals surface area contributed by atoms with Gasteiger partial charge in [0.05, 0.1) is 11.0 Å². The normalized spacial score (nSPS) is 11.9. The summed E-state index contributed by atoms with van der Waals surface area (Å²) in [6.45, 7) is 0. The smallest absolute Gasteiger partial charge is 0.197 e. The van der Waals surface area contributed by atoms with Crippen LogP contribution in [-0.4, -0.2) is 14.5 Å². The molecule has 3 heterocycles. The predicted octanol–water partition coefficient (Wildman–Crippen LogP) is 6.13. The van der Waals surface area contributed by atoms with E-state index in [1.165, 1.54) is 10.8 Å². The van der Waals surface area contributed by atoms with Crippen molar-refractivity contribution in [3.8, 4) is 5.82 Å². The van der Waals surface area contributed by atoms with Gasteiger partial charge < -0.3 is 4.42 Å². The van der Waals surface area contributed by atoms with E-state index in [9.17, 15) is 0 Å². The summed E-state index contributed by atoms with van der Waals surface area (Å²) < 4.78 is 8.29. The van der Waals surface area contributed by atoms with Gasteiger partial charge in [-0.1, -0.05) is 48.0 Å². The van der Waals surface area contributed by atoms with E-state index in [0.717, 1.165) is 33.3 Å². The molecular formula is C22H12ClN3O. The molecule has 0 amide bonds. The second kappa shape index (κ2) is 5.32. The van der Waals surface area contributed by atoms with Crippen molar-refractivity contribution in [3.63, 3.8) is 0 Å². The number of hydrogen-bond acceptors (Lipinski definition) is 3. The van der Waals surface area contributed by atoms with Gasteiger partial charge in [-0.3, -0.25) is 4.57 Å². The predicted molar refractivity (Wildman–Crippen MR) is 109 cm³/mol. The SMILES string of the molecule is Clc1ccc2oc3c(-n4c5ccccc5c5ccccc54)ncnc3c2c1. The van der Waals surface area contributed by atoms with Crippen LogP contribution in [0.5, 0.6) is 0 Å². The van der Waals surface area contributed by atoms with Crippen molar-refractivity contribution in [1.82, 2.24) is 14.5 Å². The summed E-state index contributed by atoms with van der Waals surface area (Å²) in [5.41, 5.74) is 4.33. The Labute approximate surface area is 158 Å². The van der Waals surface area contributed by atoms with Crippen molar-refractivity contribution < 1.29 is 4.42 Å². The third-order valence-electron chi connectivity index (χ3n) is 4.99. The summed E-state index contributed by atoms with van der Waals surface area (Å²) >= 11 is 6.18. The minimum absolute atomic E-state index is 0.654. The van der Waals surface area contributed by atoms with Gasteiger partial charge in [0.2, 0.25) is 0 Å². The average Bonchev–Trinajstić information content (AvgIpc) is 3.24. The molecule has 0 bridgehead atoms. The van der Waals surface area contributed by atoms with E-state index in [4.69, 9.17) is 16.0 Å². The van der Waals surface area contributed by atoms with Gasteiger partial charge in [0.1, 0.15) is 17.4 Å². The summed E-state index contributed by atoms with van der Waals surface area (Å²) in [5.74, 6) is 0.727. The van der Waals surface area contributed by atoms with E-state index in [-0.39, 0.29) is 0 Å². The molecule has 0 atom stereocenters. The fourth-order valence-electron chi connectivity index (χ4n) is 3.85. The molecular weight excluding hydrogens is 358 g/mol. The number of furan rings is 1. The maximum absolute atomic E-state index is 6.18. The fraction of sp³-hybridized carbons (Fsp3) is 0. The van der Waals surface area contributed by atoms with E-state index >= 15 is 0 Å². The molecule has 128 valence electrons. The van der Waals surface area contributed by atoms with Crippen LogP contribution in [0.3, 0.4) is 0 Å². The molecule has 4 nitrogen and oxygen atoms in total. The maximum Gasteiger partial charge on any atom is 0.197 e. The molecule has 3 aromatic heterocycles. The van der Waals surface area contributed by atoms with E-state index in [1.807, 2.05) is 30.3 Å². The molecule has 0 aliphatic carbocycles. The number of fused-ring (bicyclic) bond motifs is 6. The zero-order chi connectivity index (χ0) is 18.0. The number of halogens is 1. The van der Waals surface area contributed by atoms with E-state index in [1.54, 1.807) is 6.33 Å². The first-order chi connectivity index (χ1) is 13.3. The number of nitrogens with zero attached hydrogens (tertiary/aromatic N) is 3. The molecule has 0 fully saturated rings. The molecule has 0 N–H and O–H groups in total. The van der Waals surface area contributed by atoms with Gasteiger partial charge in [-0.25, -0.2) is 9.97 Å². The summed E-state index contributed by atoms with van der Waals surface area (Å²) in [6.07, 6.45) is 1.58. The molecule has 0 saturated carbocycles. The maximum atomic E-state index is 6.18. The molecule has 6 rings (SSSR count). The van der Waals surface area contributed by atoms with Gasteiger partial charge in [-0.2, -0.15) is 0 Å². The van der Waals surface area contributed by atoms with Crippen LogP contribution in [0.1, 0.15) is 0 Å². The Kier molecular flexibility index (Phi) is 2.91. The van der Waals surface area contributed by atoms with E-state index in [2.05, 4.69) is 50.9 Å². The van der Waals surface area contributed by atoms with Crippen molar-refractivity contribution in [3.05, 3.63) is 78.1 Å². The minimum atomic E-state index is 0.654. The molecule has 6 aromatic rings. The summed E-state index contributed by atoms with van der Waals surface area (Å²) in [4.78, 5) is 9.06. The first kappa shape index (κ1) is 14.8. The number of aromatic nitrogens is 3. The van der Waals surface area contributed by atoms with Gasteiger partial charge in [0.25, 0.3) is 0 Å². The Morgan fingerprint density at radius 1 is 0.778 bits per heavy atom. The Hall–Kier alpha value is -3.37. The second-order valence-corrected chi connectivity index (χ2v) is 6.92. The van der Waals surface area contributed by atoms with Crippen molar-refractivity contribution >= 4 is 55.5 Å². The van der Waals surface area contributed by atoms with Crippen molar-refractivity contribution in [1.29, 1.82) is 0 Å². The van der Waals surface area contributed by atoms with Crippen LogP contribution in [0.15, 0.2) is 77.5 Å². The highest BCUT2D eigenvalue weighted by molar-refractivity contribution is 6.31.